The van der Waals surface area contributed by atoms with Gasteiger partial charge in [0, 0.05) is 17.9 Å². The second-order valence-corrected chi connectivity index (χ2v) is 4.60. The van der Waals surface area contributed by atoms with Crippen LogP contribution in [0.25, 0.3) is 0 Å². The largest absolute Gasteiger partial charge is 0.330 e. The maximum absolute atomic E-state index is 12.6. The van der Waals surface area contributed by atoms with Gasteiger partial charge in [-0.25, -0.2) is 4.98 Å². The highest BCUT2D eigenvalue weighted by Gasteiger charge is 2.18. The molecule has 2 rings (SSSR count). The smallest absolute Gasteiger partial charge is 0.276 e. The maximum Gasteiger partial charge on any atom is 0.276 e. The summed E-state index contributed by atoms with van der Waals surface area (Å²) in [6.45, 7) is 3.02. The third-order valence-corrected chi connectivity index (χ3v) is 3.01. The van der Waals surface area contributed by atoms with Crippen molar-refractivity contribution in [3.63, 3.8) is 0 Å². The molecule has 0 radical (unpaired) electrons. The number of nitrogens with zero attached hydrogens (tertiary/aromatic N) is 2. The Kier molecular flexibility index (Phi) is 4.85. The van der Waals surface area contributed by atoms with Crippen LogP contribution in [0, 0.1) is 6.92 Å². The number of anilines is 1. The number of aryl methyl sites for hydroxylation is 1. The summed E-state index contributed by atoms with van der Waals surface area (Å²) in [5, 5.41) is 0. The number of para-hydroxylation sites is 1. The number of amides is 1. The summed E-state index contributed by atoms with van der Waals surface area (Å²) < 4.78 is 0. The van der Waals surface area contributed by atoms with Crippen molar-refractivity contribution in [2.24, 2.45) is 5.73 Å². The summed E-state index contributed by atoms with van der Waals surface area (Å²) >= 11 is 0. The normalized spacial score (nSPS) is 10.3. The van der Waals surface area contributed by atoms with Crippen LogP contribution in [0.2, 0.25) is 0 Å². The Labute approximate surface area is 119 Å². The zero-order chi connectivity index (χ0) is 14.4. The number of hydrogen-bond donors (Lipinski definition) is 1. The Balaban J connectivity index is 2.29. The lowest BCUT2D eigenvalue weighted by Gasteiger charge is -2.22. The Bertz CT molecular complexity index is 569. The highest BCUT2D eigenvalue weighted by Crippen LogP contribution is 2.16. The van der Waals surface area contributed by atoms with Gasteiger partial charge >= 0.3 is 0 Å². The van der Waals surface area contributed by atoms with Gasteiger partial charge < -0.3 is 10.6 Å². The van der Waals surface area contributed by atoms with Crippen LogP contribution >= 0.6 is 0 Å². The molecule has 0 fully saturated rings. The van der Waals surface area contributed by atoms with Gasteiger partial charge in [-0.2, -0.15) is 0 Å². The predicted octanol–water partition coefficient (Wildman–Crippen LogP) is 2.39. The molecule has 0 unspecified atom stereocenters. The summed E-state index contributed by atoms with van der Waals surface area (Å²) in [6, 6.07) is 15.1. The number of hydrogen-bond acceptors (Lipinski definition) is 3. The van der Waals surface area contributed by atoms with Crippen molar-refractivity contribution in [2.45, 2.75) is 13.3 Å². The molecule has 1 aromatic carbocycles. The molecular formula is C16H19N3O. The van der Waals surface area contributed by atoms with E-state index >= 15 is 0 Å². The summed E-state index contributed by atoms with van der Waals surface area (Å²) in [5.41, 5.74) is 7.73. The summed E-state index contributed by atoms with van der Waals surface area (Å²) in [5.74, 6) is -0.0895. The Morgan fingerprint density at radius 3 is 2.55 bits per heavy atom. The van der Waals surface area contributed by atoms with Crippen molar-refractivity contribution in [2.75, 3.05) is 18.0 Å². The van der Waals surface area contributed by atoms with Crippen LogP contribution in [0.15, 0.2) is 48.5 Å². The predicted molar refractivity (Wildman–Crippen MR) is 80.8 cm³/mol. The van der Waals surface area contributed by atoms with E-state index in [1.807, 2.05) is 49.4 Å². The van der Waals surface area contributed by atoms with Gasteiger partial charge in [0.2, 0.25) is 0 Å². The molecule has 0 atom stereocenters. The van der Waals surface area contributed by atoms with E-state index in [0.29, 0.717) is 18.8 Å². The average Bonchev–Trinajstić information content (AvgIpc) is 2.48. The molecular weight excluding hydrogens is 250 g/mol. The van der Waals surface area contributed by atoms with Crippen molar-refractivity contribution in [1.29, 1.82) is 0 Å². The zero-order valence-electron chi connectivity index (χ0n) is 11.6. The van der Waals surface area contributed by atoms with Gasteiger partial charge in [0.25, 0.3) is 5.91 Å². The lowest BCUT2D eigenvalue weighted by atomic mass is 10.2. The van der Waals surface area contributed by atoms with Crippen LogP contribution in [0.1, 0.15) is 22.6 Å². The fraction of sp³-hybridized carbons (Fsp3) is 0.250. The van der Waals surface area contributed by atoms with Crippen molar-refractivity contribution in [3.8, 4) is 0 Å². The van der Waals surface area contributed by atoms with E-state index in [1.54, 1.807) is 11.0 Å². The Morgan fingerprint density at radius 1 is 1.15 bits per heavy atom. The molecule has 0 saturated carbocycles. The quantitative estimate of drug-likeness (QED) is 0.906. The van der Waals surface area contributed by atoms with Gasteiger partial charge in [-0.15, -0.1) is 0 Å². The third kappa shape index (κ3) is 3.42. The van der Waals surface area contributed by atoms with E-state index < -0.39 is 0 Å². The van der Waals surface area contributed by atoms with Crippen molar-refractivity contribution in [3.05, 3.63) is 59.9 Å². The molecule has 1 aromatic heterocycles. The molecule has 1 amide bonds. The topological polar surface area (TPSA) is 59.2 Å². The average molecular weight is 269 g/mol. The molecule has 0 spiro atoms. The summed E-state index contributed by atoms with van der Waals surface area (Å²) in [6.07, 6.45) is 0.756. The van der Waals surface area contributed by atoms with Crippen LogP contribution in [-0.4, -0.2) is 24.0 Å². The summed E-state index contributed by atoms with van der Waals surface area (Å²) in [4.78, 5) is 18.7. The second-order valence-electron chi connectivity index (χ2n) is 4.60. The molecule has 0 bridgehead atoms. The van der Waals surface area contributed by atoms with Gasteiger partial charge in [0.05, 0.1) is 0 Å². The van der Waals surface area contributed by atoms with Gasteiger partial charge in [-0.3, -0.25) is 4.79 Å². The fourth-order valence-corrected chi connectivity index (χ4v) is 2.01. The highest BCUT2D eigenvalue weighted by atomic mass is 16.2. The number of rotatable bonds is 5. The first-order chi connectivity index (χ1) is 9.72. The number of aromatic nitrogens is 1. The molecule has 1 heterocycles. The first-order valence-electron chi connectivity index (χ1n) is 6.73. The van der Waals surface area contributed by atoms with Gasteiger partial charge in [-0.05, 0) is 44.2 Å². The standard InChI is InChI=1S/C16H19N3O/c1-13-7-5-10-15(18-13)16(20)19(12-6-11-17)14-8-3-2-4-9-14/h2-5,7-10H,6,11-12,17H2,1H3. The number of nitrogens with two attached hydrogens (primary N) is 1. The Hall–Kier alpha value is -2.20. The first kappa shape index (κ1) is 14.2. The van der Waals surface area contributed by atoms with Crippen molar-refractivity contribution >= 4 is 11.6 Å². The van der Waals surface area contributed by atoms with E-state index in [2.05, 4.69) is 4.98 Å². The second kappa shape index (κ2) is 6.82. The van der Waals surface area contributed by atoms with Crippen LogP contribution < -0.4 is 10.6 Å². The molecule has 104 valence electrons. The summed E-state index contributed by atoms with van der Waals surface area (Å²) in [7, 11) is 0. The minimum Gasteiger partial charge on any atom is -0.330 e. The minimum absolute atomic E-state index is 0.0895. The third-order valence-electron chi connectivity index (χ3n) is 3.01. The lowest BCUT2D eigenvalue weighted by molar-refractivity contribution is 0.0982. The Morgan fingerprint density at radius 2 is 1.90 bits per heavy atom. The van der Waals surface area contributed by atoms with E-state index in [-0.39, 0.29) is 5.91 Å². The number of carbonyl (C=O) groups is 1. The number of pyridine rings is 1. The molecule has 0 aliphatic rings. The van der Waals surface area contributed by atoms with E-state index in [1.165, 1.54) is 0 Å². The van der Waals surface area contributed by atoms with E-state index in [0.717, 1.165) is 17.8 Å². The first-order valence-corrected chi connectivity index (χ1v) is 6.73. The van der Waals surface area contributed by atoms with Crippen LogP contribution in [0.5, 0.6) is 0 Å². The van der Waals surface area contributed by atoms with Crippen LogP contribution in [-0.2, 0) is 0 Å². The molecule has 0 aliphatic carbocycles. The van der Waals surface area contributed by atoms with Crippen LogP contribution in [0.4, 0.5) is 5.69 Å². The maximum atomic E-state index is 12.6. The lowest BCUT2D eigenvalue weighted by Crippen LogP contribution is -2.33. The zero-order valence-corrected chi connectivity index (χ0v) is 11.6. The van der Waals surface area contributed by atoms with Crippen LogP contribution in [0.3, 0.4) is 0 Å². The van der Waals surface area contributed by atoms with Gasteiger partial charge in [0.1, 0.15) is 5.69 Å². The molecule has 4 nitrogen and oxygen atoms in total. The number of benzene rings is 1. The highest BCUT2D eigenvalue weighted by molar-refractivity contribution is 6.04. The number of carbonyl (C=O) groups excluding carboxylic acids is 1. The van der Waals surface area contributed by atoms with E-state index in [9.17, 15) is 4.79 Å². The monoisotopic (exact) mass is 269 g/mol. The molecule has 2 N–H and O–H groups in total. The van der Waals surface area contributed by atoms with Crippen molar-refractivity contribution in [1.82, 2.24) is 4.98 Å². The molecule has 4 heteroatoms. The SMILES string of the molecule is Cc1cccc(C(=O)N(CCCN)c2ccccc2)n1. The molecule has 2 aromatic rings. The molecule has 20 heavy (non-hydrogen) atoms. The van der Waals surface area contributed by atoms with Gasteiger partial charge in [0.15, 0.2) is 0 Å². The van der Waals surface area contributed by atoms with E-state index in [4.69, 9.17) is 5.73 Å². The minimum atomic E-state index is -0.0895. The molecule has 0 saturated heterocycles. The molecule has 0 aliphatic heterocycles. The van der Waals surface area contributed by atoms with Crippen molar-refractivity contribution < 1.29 is 4.79 Å². The fourth-order valence-electron chi connectivity index (χ4n) is 2.01. The van der Waals surface area contributed by atoms with Gasteiger partial charge in [-0.1, -0.05) is 24.3 Å².